The second-order valence-corrected chi connectivity index (χ2v) is 4.36. The van der Waals surface area contributed by atoms with E-state index in [9.17, 15) is 24.9 Å². The Hall–Kier alpha value is -3.42. The number of hydrogen-bond acceptors (Lipinski definition) is 6. The first kappa shape index (κ1) is 16.0. The number of hydrogen-bond donors (Lipinski definition) is 4. The smallest absolute Gasteiger partial charge is 0.343 e. The van der Waals surface area contributed by atoms with Gasteiger partial charge in [-0.2, -0.15) is 0 Å². The summed E-state index contributed by atoms with van der Waals surface area (Å²) < 4.78 is 10.4. The number of benzene rings is 2. The summed E-state index contributed by atoms with van der Waals surface area (Å²) in [7, 11) is 1.29. The lowest BCUT2D eigenvalue weighted by molar-refractivity contribution is 0.0685. The maximum Gasteiger partial charge on any atom is 0.343 e. The highest BCUT2D eigenvalue weighted by Gasteiger charge is 2.24. The Morgan fingerprint density at radius 2 is 1.65 bits per heavy atom. The molecule has 0 heterocycles. The van der Waals surface area contributed by atoms with Crippen LogP contribution in [-0.2, 0) is 0 Å². The fraction of sp³-hybridized carbons (Fsp3) is 0.0667. The molecule has 120 valence electrons. The van der Waals surface area contributed by atoms with Crippen LogP contribution in [0.15, 0.2) is 30.3 Å². The summed E-state index contributed by atoms with van der Waals surface area (Å²) in [6.07, 6.45) is 0. The maximum atomic E-state index is 11.3. The van der Waals surface area contributed by atoms with Gasteiger partial charge in [-0.15, -0.1) is 0 Å². The van der Waals surface area contributed by atoms with E-state index in [1.54, 1.807) is 0 Å². The van der Waals surface area contributed by atoms with E-state index in [1.807, 2.05) is 0 Å². The third-order valence-electron chi connectivity index (χ3n) is 2.97. The van der Waals surface area contributed by atoms with Crippen LogP contribution in [0.1, 0.15) is 20.7 Å². The van der Waals surface area contributed by atoms with Crippen molar-refractivity contribution in [2.45, 2.75) is 0 Å². The molecule has 0 bridgehead atoms. The molecule has 23 heavy (non-hydrogen) atoms. The van der Waals surface area contributed by atoms with Crippen molar-refractivity contribution in [3.05, 3.63) is 41.5 Å². The van der Waals surface area contributed by atoms with Gasteiger partial charge in [-0.1, -0.05) is 6.07 Å². The van der Waals surface area contributed by atoms with Crippen molar-refractivity contribution in [3.63, 3.8) is 0 Å². The Bertz CT molecular complexity index is 781. The summed E-state index contributed by atoms with van der Waals surface area (Å²) >= 11 is 0. The monoisotopic (exact) mass is 320 g/mol. The normalized spacial score (nSPS) is 10.1. The van der Waals surface area contributed by atoms with Crippen molar-refractivity contribution in [3.8, 4) is 28.7 Å². The van der Waals surface area contributed by atoms with Crippen molar-refractivity contribution in [1.82, 2.24) is 0 Å². The van der Waals surface area contributed by atoms with Crippen LogP contribution in [0.5, 0.6) is 28.7 Å². The molecule has 0 fully saturated rings. The van der Waals surface area contributed by atoms with E-state index in [4.69, 9.17) is 14.6 Å². The highest BCUT2D eigenvalue weighted by atomic mass is 16.5. The molecule has 0 aliphatic carbocycles. The van der Waals surface area contributed by atoms with E-state index in [2.05, 4.69) is 0 Å². The number of rotatable bonds is 5. The molecule has 4 N–H and O–H groups in total. The highest BCUT2D eigenvalue weighted by Crippen LogP contribution is 2.41. The molecule has 0 saturated heterocycles. The molecule has 0 unspecified atom stereocenters. The zero-order valence-electron chi connectivity index (χ0n) is 11.8. The molecule has 0 atom stereocenters. The van der Waals surface area contributed by atoms with Crippen molar-refractivity contribution in [2.75, 3.05) is 7.11 Å². The van der Waals surface area contributed by atoms with Gasteiger partial charge in [-0.05, 0) is 24.3 Å². The molecule has 2 aromatic carbocycles. The molecule has 0 aliphatic rings. The van der Waals surface area contributed by atoms with Crippen LogP contribution in [0.3, 0.4) is 0 Å². The van der Waals surface area contributed by atoms with E-state index in [1.165, 1.54) is 25.3 Å². The number of phenolic OH excluding ortho intramolecular Hbond substituents is 1. The number of para-hydroxylation sites is 1. The van der Waals surface area contributed by atoms with Gasteiger partial charge in [0.2, 0.25) is 0 Å². The number of ether oxygens (including phenoxy) is 2. The number of carboxylic acid groups (broad SMARTS) is 2. The SMILES string of the molecule is COc1cccc(C(=O)O)c1Oc1ccc(O)c(O)c1C(=O)O. The number of carboxylic acids is 2. The van der Waals surface area contributed by atoms with Crippen molar-refractivity contribution in [1.29, 1.82) is 0 Å². The summed E-state index contributed by atoms with van der Waals surface area (Å²) in [5.74, 6) is -4.90. The lowest BCUT2D eigenvalue weighted by Gasteiger charge is -2.15. The summed E-state index contributed by atoms with van der Waals surface area (Å²) in [4.78, 5) is 22.5. The van der Waals surface area contributed by atoms with Gasteiger partial charge in [-0.25, -0.2) is 9.59 Å². The Balaban J connectivity index is 2.63. The van der Waals surface area contributed by atoms with Gasteiger partial charge in [-0.3, -0.25) is 0 Å². The van der Waals surface area contributed by atoms with Crippen LogP contribution >= 0.6 is 0 Å². The molecular weight excluding hydrogens is 308 g/mol. The molecule has 0 aromatic heterocycles. The average Bonchev–Trinajstić information content (AvgIpc) is 2.50. The molecule has 8 heteroatoms. The highest BCUT2D eigenvalue weighted by molar-refractivity contribution is 5.96. The maximum absolute atomic E-state index is 11.3. The Kier molecular flexibility index (Phi) is 4.26. The standard InChI is InChI=1S/C15H12O8/c1-22-10-4-2-3-7(14(18)19)13(10)23-9-6-5-8(16)12(17)11(9)15(20)21/h2-6,16-17H,1H3,(H,18,19)(H,20,21). The molecule has 0 saturated carbocycles. The minimum Gasteiger partial charge on any atom is -0.504 e. The van der Waals surface area contributed by atoms with Crippen LogP contribution in [0.2, 0.25) is 0 Å². The van der Waals surface area contributed by atoms with E-state index in [0.29, 0.717) is 0 Å². The molecule has 2 aromatic rings. The lowest BCUT2D eigenvalue weighted by atomic mass is 10.1. The van der Waals surface area contributed by atoms with E-state index < -0.39 is 29.0 Å². The predicted octanol–water partition coefficient (Wildman–Crippen LogP) is 2.30. The number of aromatic carboxylic acids is 2. The van der Waals surface area contributed by atoms with Crippen LogP contribution < -0.4 is 9.47 Å². The summed E-state index contributed by atoms with van der Waals surface area (Å²) in [5, 5.41) is 37.4. The summed E-state index contributed by atoms with van der Waals surface area (Å²) in [6, 6.07) is 6.23. The predicted molar refractivity (Wildman–Crippen MR) is 76.8 cm³/mol. The molecule has 2 rings (SSSR count). The van der Waals surface area contributed by atoms with Gasteiger partial charge in [0.1, 0.15) is 16.9 Å². The quantitative estimate of drug-likeness (QED) is 0.617. The fourth-order valence-electron chi connectivity index (χ4n) is 1.91. The van der Waals surface area contributed by atoms with Crippen LogP contribution in [-0.4, -0.2) is 39.5 Å². The lowest BCUT2D eigenvalue weighted by Crippen LogP contribution is -2.05. The van der Waals surface area contributed by atoms with Crippen LogP contribution in [0, 0.1) is 0 Å². The summed E-state index contributed by atoms with van der Waals surface area (Å²) in [6.45, 7) is 0. The van der Waals surface area contributed by atoms with Crippen LogP contribution in [0.25, 0.3) is 0 Å². The largest absolute Gasteiger partial charge is 0.504 e. The van der Waals surface area contributed by atoms with E-state index >= 15 is 0 Å². The molecule has 0 spiro atoms. The topological polar surface area (TPSA) is 134 Å². The third-order valence-corrected chi connectivity index (χ3v) is 2.97. The van der Waals surface area contributed by atoms with E-state index in [0.717, 1.165) is 12.1 Å². The Morgan fingerprint density at radius 1 is 0.957 bits per heavy atom. The zero-order chi connectivity index (χ0) is 17.1. The Morgan fingerprint density at radius 3 is 2.22 bits per heavy atom. The first-order valence-electron chi connectivity index (χ1n) is 6.23. The Labute approximate surface area is 129 Å². The number of methoxy groups -OCH3 is 1. The zero-order valence-corrected chi connectivity index (χ0v) is 11.8. The van der Waals surface area contributed by atoms with Gasteiger partial charge >= 0.3 is 11.9 Å². The van der Waals surface area contributed by atoms with Gasteiger partial charge in [0.25, 0.3) is 0 Å². The second-order valence-electron chi connectivity index (χ2n) is 4.36. The first-order valence-corrected chi connectivity index (χ1v) is 6.23. The van der Waals surface area contributed by atoms with Gasteiger partial charge in [0.05, 0.1) is 7.11 Å². The van der Waals surface area contributed by atoms with Crippen LogP contribution in [0.4, 0.5) is 0 Å². The second kappa shape index (κ2) is 6.14. The fourth-order valence-corrected chi connectivity index (χ4v) is 1.91. The van der Waals surface area contributed by atoms with Gasteiger partial charge < -0.3 is 29.9 Å². The molecule has 0 aliphatic heterocycles. The van der Waals surface area contributed by atoms with Gasteiger partial charge in [0.15, 0.2) is 23.0 Å². The molecule has 0 amide bonds. The number of phenols is 2. The first-order chi connectivity index (χ1) is 10.9. The van der Waals surface area contributed by atoms with Gasteiger partial charge in [0, 0.05) is 0 Å². The van der Waals surface area contributed by atoms with Crippen molar-refractivity contribution < 1.29 is 39.5 Å². The van der Waals surface area contributed by atoms with Crippen molar-refractivity contribution >= 4 is 11.9 Å². The third kappa shape index (κ3) is 2.95. The van der Waals surface area contributed by atoms with Crippen molar-refractivity contribution in [2.24, 2.45) is 0 Å². The number of carbonyl (C=O) groups is 2. The number of aromatic hydroxyl groups is 2. The summed E-state index contributed by atoms with van der Waals surface area (Å²) in [5.41, 5.74) is -0.958. The minimum atomic E-state index is -1.56. The molecular formula is C15H12O8. The molecule has 8 nitrogen and oxygen atoms in total. The molecule has 0 radical (unpaired) electrons. The minimum absolute atomic E-state index is 0.0637. The average molecular weight is 320 g/mol. The van der Waals surface area contributed by atoms with E-state index in [-0.39, 0.29) is 22.8 Å².